The van der Waals surface area contributed by atoms with Gasteiger partial charge in [0.15, 0.2) is 6.29 Å². The van der Waals surface area contributed by atoms with Crippen molar-refractivity contribution in [2.24, 2.45) is 0 Å². The number of aliphatic hydroxyl groups is 1. The lowest BCUT2D eigenvalue weighted by Crippen LogP contribution is -2.31. The number of carbonyl (C=O) groups excluding carboxylic acids is 1. The van der Waals surface area contributed by atoms with Crippen LogP contribution in [0.2, 0.25) is 0 Å². The van der Waals surface area contributed by atoms with Gasteiger partial charge in [-0.05, 0) is 94.5 Å². The minimum atomic E-state index is -0.952. The largest absolute Gasteiger partial charge is 0.478 e. The second-order valence-electron chi connectivity index (χ2n) is 13.1. The number of aliphatic hydroxyl groups excluding tert-OH is 1. The molecule has 0 saturated carbocycles. The summed E-state index contributed by atoms with van der Waals surface area (Å²) in [5, 5.41) is 24.6. The molecule has 6 aromatic rings. The Kier molecular flexibility index (Phi) is 12.2. The third-order valence-corrected chi connectivity index (χ3v) is 10.3. The second kappa shape index (κ2) is 17.9. The first-order chi connectivity index (χ1) is 26.9. The molecule has 4 N–H and O–H groups in total. The first-order valence-electron chi connectivity index (χ1n) is 17.9. The molecule has 278 valence electrons. The van der Waals surface area contributed by atoms with Crippen LogP contribution in [0.3, 0.4) is 0 Å². The van der Waals surface area contributed by atoms with Crippen LogP contribution in [0.25, 0.3) is 11.1 Å². The van der Waals surface area contributed by atoms with Crippen LogP contribution in [-0.2, 0) is 22.6 Å². The summed E-state index contributed by atoms with van der Waals surface area (Å²) in [5.41, 5.74) is 6.60. The smallest absolute Gasteiger partial charge is 0.335 e. The number of amides is 2. The van der Waals surface area contributed by atoms with E-state index in [1.165, 1.54) is 0 Å². The summed E-state index contributed by atoms with van der Waals surface area (Å²) in [6, 6.07) is 47.2. The molecule has 0 spiro atoms. The molecule has 7 rings (SSSR count). The van der Waals surface area contributed by atoms with Gasteiger partial charge in [-0.15, -0.1) is 11.8 Å². The van der Waals surface area contributed by atoms with Crippen molar-refractivity contribution in [2.75, 3.05) is 11.1 Å². The van der Waals surface area contributed by atoms with Crippen LogP contribution < -0.4 is 15.4 Å². The number of aromatic carboxylic acids is 1. The van der Waals surface area contributed by atoms with Gasteiger partial charge in [-0.25, -0.2) is 9.59 Å². The van der Waals surface area contributed by atoms with Crippen LogP contribution in [0.15, 0.2) is 157 Å². The molecule has 2 amide bonds. The molecule has 1 saturated heterocycles. The lowest BCUT2D eigenvalue weighted by Gasteiger charge is -2.36. The Balaban J connectivity index is 0.973. The Morgan fingerprint density at radius 1 is 0.709 bits per heavy atom. The number of urea groups is 1. The normalized spacial score (nSPS) is 16.6. The molecule has 10 heteroatoms. The van der Waals surface area contributed by atoms with Crippen molar-refractivity contribution >= 4 is 29.4 Å². The fourth-order valence-corrected chi connectivity index (χ4v) is 7.11. The zero-order valence-electron chi connectivity index (χ0n) is 29.8. The molecule has 0 aliphatic carbocycles. The molecule has 9 nitrogen and oxygen atoms in total. The van der Waals surface area contributed by atoms with Crippen molar-refractivity contribution in [3.8, 4) is 22.6 Å². The topological polar surface area (TPSA) is 126 Å². The van der Waals surface area contributed by atoms with Gasteiger partial charge in [0.25, 0.3) is 0 Å². The monoisotopic (exact) mass is 752 g/mol. The molecule has 0 radical (unpaired) electrons. The number of thioether (sulfide) groups is 1. The number of anilines is 1. The Bertz CT molecular complexity index is 2180. The summed E-state index contributed by atoms with van der Waals surface area (Å²) < 4.78 is 18.9. The van der Waals surface area contributed by atoms with Gasteiger partial charge in [0.1, 0.15) is 11.5 Å². The maximum atomic E-state index is 12.7. The number of para-hydroxylation sites is 1. The van der Waals surface area contributed by atoms with E-state index in [4.69, 9.17) is 14.2 Å². The van der Waals surface area contributed by atoms with Gasteiger partial charge in [0.2, 0.25) is 0 Å². The van der Waals surface area contributed by atoms with E-state index >= 15 is 0 Å². The zero-order chi connectivity index (χ0) is 38.0. The number of ether oxygens (including phenoxy) is 3. The summed E-state index contributed by atoms with van der Waals surface area (Å²) in [6.07, 6.45) is -0.325. The van der Waals surface area contributed by atoms with Crippen molar-refractivity contribution in [3.05, 3.63) is 179 Å². The first kappa shape index (κ1) is 37.4. The van der Waals surface area contributed by atoms with Crippen molar-refractivity contribution in [3.63, 3.8) is 0 Å². The van der Waals surface area contributed by atoms with E-state index < -0.39 is 12.3 Å². The lowest BCUT2D eigenvalue weighted by atomic mass is 9.99. The minimum Gasteiger partial charge on any atom is -0.478 e. The molecule has 3 atom stereocenters. The quantitative estimate of drug-likeness (QED) is 0.0860. The average molecular weight is 753 g/mol. The standard InChI is InChI=1S/C45H40N2O7S/c48-28-30-9-11-33(12-10-30)42-26-40(29-55-41-23-17-34(18-24-41)43(49)50)53-44(54-42)35-15-13-32(14-16-35)36-6-4-5-31(25-36)27-46-45(51)47-37-19-21-39(22-20-37)52-38-7-2-1-3-8-38/h1-25,40,42,44,48H,26-29H2,(H,49,50)(H2,46,47,51)/t40-,42+,44+/m1/s1. The molecule has 1 heterocycles. The predicted molar refractivity (Wildman–Crippen MR) is 213 cm³/mol. The molecule has 0 aromatic heterocycles. The van der Waals surface area contributed by atoms with Gasteiger partial charge in [0.05, 0.1) is 24.4 Å². The summed E-state index contributed by atoms with van der Waals surface area (Å²) in [5.74, 6) is 1.13. The Morgan fingerprint density at radius 3 is 2.13 bits per heavy atom. The van der Waals surface area contributed by atoms with Gasteiger partial charge in [0, 0.05) is 34.9 Å². The third-order valence-electron chi connectivity index (χ3n) is 9.14. The molecule has 0 unspecified atom stereocenters. The van der Waals surface area contributed by atoms with Gasteiger partial charge >= 0.3 is 12.0 Å². The second-order valence-corrected chi connectivity index (χ2v) is 14.2. The minimum absolute atomic E-state index is 0.0276. The molecule has 1 aliphatic heterocycles. The molecule has 1 fully saturated rings. The number of hydrogen-bond donors (Lipinski definition) is 4. The van der Waals surface area contributed by atoms with Gasteiger partial charge < -0.3 is 35.1 Å². The van der Waals surface area contributed by atoms with Crippen molar-refractivity contribution in [1.82, 2.24) is 5.32 Å². The molecule has 1 aliphatic rings. The highest BCUT2D eigenvalue weighted by atomic mass is 32.2. The van der Waals surface area contributed by atoms with Gasteiger partial charge in [-0.2, -0.15) is 0 Å². The van der Waals surface area contributed by atoms with Crippen molar-refractivity contribution in [1.29, 1.82) is 0 Å². The molecule has 6 aromatic carbocycles. The highest BCUT2D eigenvalue weighted by Crippen LogP contribution is 2.40. The summed E-state index contributed by atoms with van der Waals surface area (Å²) in [4.78, 5) is 25.0. The van der Waals surface area contributed by atoms with Crippen LogP contribution in [0.1, 0.15) is 51.4 Å². The fourth-order valence-electron chi connectivity index (χ4n) is 6.19. The maximum Gasteiger partial charge on any atom is 0.335 e. The highest BCUT2D eigenvalue weighted by Gasteiger charge is 2.32. The summed E-state index contributed by atoms with van der Waals surface area (Å²) in [7, 11) is 0. The number of rotatable bonds is 13. The van der Waals surface area contributed by atoms with Crippen LogP contribution >= 0.6 is 11.8 Å². The maximum absolute atomic E-state index is 12.7. The van der Waals surface area contributed by atoms with E-state index in [-0.39, 0.29) is 30.4 Å². The fraction of sp³-hybridized carbons (Fsp3) is 0.156. The third kappa shape index (κ3) is 10.2. The Hall–Kier alpha value is -5.91. The van der Waals surface area contributed by atoms with E-state index in [9.17, 15) is 19.8 Å². The van der Waals surface area contributed by atoms with E-state index in [1.54, 1.807) is 36.0 Å². The number of carbonyl (C=O) groups is 2. The zero-order valence-corrected chi connectivity index (χ0v) is 30.7. The van der Waals surface area contributed by atoms with E-state index in [2.05, 4.69) is 16.7 Å². The Labute approximate surface area is 323 Å². The SMILES string of the molecule is O=C(NCc1cccc(-c2ccc([C@H]3O[C@@H](CSc4ccc(C(=O)O)cc4)C[C@@H](c4ccc(CO)cc4)O3)cc2)c1)Nc1ccc(Oc2ccccc2)cc1. The van der Waals surface area contributed by atoms with Crippen molar-refractivity contribution in [2.45, 2.75) is 43.0 Å². The van der Waals surface area contributed by atoms with Crippen LogP contribution in [0.5, 0.6) is 11.5 Å². The number of nitrogens with one attached hydrogen (secondary N) is 2. The first-order valence-corrected chi connectivity index (χ1v) is 18.9. The van der Waals surface area contributed by atoms with Gasteiger partial charge in [-0.3, -0.25) is 0 Å². The lowest BCUT2D eigenvalue weighted by molar-refractivity contribution is -0.245. The predicted octanol–water partition coefficient (Wildman–Crippen LogP) is 10.00. The molecular formula is C45H40N2O7S. The molecular weight excluding hydrogens is 713 g/mol. The van der Waals surface area contributed by atoms with Crippen LogP contribution in [0.4, 0.5) is 10.5 Å². The summed E-state index contributed by atoms with van der Waals surface area (Å²) >= 11 is 1.61. The van der Waals surface area contributed by atoms with E-state index in [0.29, 0.717) is 30.2 Å². The molecule has 0 bridgehead atoms. The average Bonchev–Trinajstić information content (AvgIpc) is 3.23. The molecule has 55 heavy (non-hydrogen) atoms. The highest BCUT2D eigenvalue weighted by molar-refractivity contribution is 7.99. The summed E-state index contributed by atoms with van der Waals surface area (Å²) in [6.45, 7) is 0.320. The number of carboxylic acids is 1. The van der Waals surface area contributed by atoms with Crippen LogP contribution in [-0.4, -0.2) is 34.1 Å². The number of carboxylic acid groups (broad SMARTS) is 1. The number of hydrogen-bond acceptors (Lipinski definition) is 7. The number of benzene rings is 6. The Morgan fingerprint density at radius 2 is 1.42 bits per heavy atom. The van der Waals surface area contributed by atoms with E-state index in [0.717, 1.165) is 44.0 Å². The van der Waals surface area contributed by atoms with Crippen molar-refractivity contribution < 1.29 is 34.0 Å². The van der Waals surface area contributed by atoms with E-state index in [1.807, 2.05) is 121 Å². The van der Waals surface area contributed by atoms with Gasteiger partial charge in [-0.1, -0.05) is 84.9 Å². The van der Waals surface area contributed by atoms with Crippen LogP contribution in [0, 0.1) is 0 Å².